The van der Waals surface area contributed by atoms with E-state index in [-0.39, 0.29) is 0 Å². The van der Waals surface area contributed by atoms with E-state index < -0.39 is 36.1 Å². The summed E-state index contributed by atoms with van der Waals surface area (Å²) < 4.78 is 14.2. The monoisotopic (exact) mass is 966 g/mol. The van der Waals surface area contributed by atoms with Crippen molar-refractivity contribution >= 4 is 72.7 Å². The normalized spacial score (nSPS) is 13.8. The van der Waals surface area contributed by atoms with Crippen molar-refractivity contribution in [1.29, 1.82) is 0 Å². The van der Waals surface area contributed by atoms with E-state index in [0.29, 0.717) is 0 Å². The van der Waals surface area contributed by atoms with E-state index in [1.54, 1.807) is 0 Å². The third-order valence-corrected chi connectivity index (χ3v) is 79.2. The second kappa shape index (κ2) is 11.4. The Morgan fingerprint density at radius 2 is 0.415 bits per heavy atom. The van der Waals surface area contributed by atoms with Crippen molar-refractivity contribution in [1.82, 2.24) is 0 Å². The van der Waals surface area contributed by atoms with E-state index in [4.69, 9.17) is 17.9 Å². The Hall–Kier alpha value is -2.37. The first-order valence-corrected chi connectivity index (χ1v) is 35.3. The fraction of sp³-hybridized carbons (Fsp3) is 0. The van der Waals surface area contributed by atoms with Crippen LogP contribution in [0.4, 0.5) is 0 Å². The summed E-state index contributed by atoms with van der Waals surface area (Å²) >= 11 is -11.4. The van der Waals surface area contributed by atoms with Crippen LogP contribution in [-0.2, 0) is 0.889 Å². The zero-order valence-electron chi connectivity index (χ0n) is 22.4. The summed E-state index contributed by atoms with van der Waals surface area (Å²) in [6.07, 6.45) is 0. The predicted octanol–water partition coefficient (Wildman–Crippen LogP) is 5.72. The van der Waals surface area contributed by atoms with Gasteiger partial charge in [-0.2, -0.15) is 0 Å². The van der Waals surface area contributed by atoms with Gasteiger partial charge in [-0.3, -0.25) is 0 Å². The van der Waals surface area contributed by atoms with Crippen LogP contribution in [0.25, 0.3) is 0 Å². The first kappa shape index (κ1) is 28.7. The molecule has 0 unspecified atom stereocenters. The molecular formula is C36H30Bi2Cl2O. The Kier molecular flexibility index (Phi) is 7.97. The maximum absolute atomic E-state index is 8.66. The Morgan fingerprint density at radius 3 is 0.561 bits per heavy atom. The molecule has 41 heavy (non-hydrogen) atoms. The van der Waals surface area contributed by atoms with Gasteiger partial charge in [0.05, 0.1) is 0 Å². The summed E-state index contributed by atoms with van der Waals surface area (Å²) in [7, 11) is 17.3. The molecule has 0 aromatic heterocycles. The average molecular weight is 968 g/mol. The first-order chi connectivity index (χ1) is 20.0. The Morgan fingerprint density at radius 1 is 0.268 bits per heavy atom. The van der Waals surface area contributed by atoms with Crippen LogP contribution in [0.3, 0.4) is 0 Å². The number of hydrogen-bond acceptors (Lipinski definition) is 1. The van der Waals surface area contributed by atoms with Gasteiger partial charge in [0.2, 0.25) is 0 Å². The van der Waals surface area contributed by atoms with Crippen LogP contribution in [0, 0.1) is 0 Å². The van der Waals surface area contributed by atoms with Gasteiger partial charge in [0.1, 0.15) is 0 Å². The van der Waals surface area contributed by atoms with E-state index in [0.717, 1.165) is 19.6 Å². The molecule has 0 aliphatic rings. The van der Waals surface area contributed by atoms with Crippen molar-refractivity contribution in [2.45, 2.75) is 0 Å². The van der Waals surface area contributed by atoms with Gasteiger partial charge in [0, 0.05) is 0 Å². The Balaban J connectivity index is 1.86. The summed E-state index contributed by atoms with van der Waals surface area (Å²) in [6.45, 7) is 0. The van der Waals surface area contributed by atoms with Gasteiger partial charge in [-0.05, 0) is 0 Å². The molecule has 6 aromatic rings. The number of halogens is 2. The van der Waals surface area contributed by atoms with Gasteiger partial charge in [-0.25, -0.2) is 0 Å². The van der Waals surface area contributed by atoms with Crippen LogP contribution in [0.15, 0.2) is 182 Å². The van der Waals surface area contributed by atoms with Gasteiger partial charge >= 0.3 is 256 Å². The van der Waals surface area contributed by atoms with E-state index in [2.05, 4.69) is 72.8 Å². The topological polar surface area (TPSA) is 9.23 Å². The predicted molar refractivity (Wildman–Crippen MR) is 181 cm³/mol. The quantitative estimate of drug-likeness (QED) is 0.178. The van der Waals surface area contributed by atoms with Crippen molar-refractivity contribution < 1.29 is 0.889 Å². The van der Waals surface area contributed by atoms with Gasteiger partial charge in [0.25, 0.3) is 0 Å². The number of rotatable bonds is 8. The molecule has 0 aliphatic heterocycles. The molecule has 6 rings (SSSR count). The van der Waals surface area contributed by atoms with Crippen LogP contribution in [-0.4, -0.2) is 36.1 Å². The van der Waals surface area contributed by atoms with Gasteiger partial charge in [-0.1, -0.05) is 0 Å². The molecule has 0 spiro atoms. The molecule has 0 bridgehead atoms. The van der Waals surface area contributed by atoms with Crippen LogP contribution in [0.5, 0.6) is 0 Å². The average Bonchev–Trinajstić information content (AvgIpc) is 3.07. The summed E-state index contributed by atoms with van der Waals surface area (Å²) in [5, 5.41) is 0. The summed E-state index contributed by atoms with van der Waals surface area (Å²) in [4.78, 5) is 0. The third-order valence-electron chi connectivity index (χ3n) is 7.61. The van der Waals surface area contributed by atoms with Crippen LogP contribution < -0.4 is 19.6 Å². The fourth-order valence-corrected chi connectivity index (χ4v) is 99.8. The molecule has 6 aromatic carbocycles. The first-order valence-electron chi connectivity index (χ1n) is 13.5. The molecule has 0 fully saturated rings. The fourth-order valence-electron chi connectivity index (χ4n) is 5.63. The molecule has 0 atom stereocenters. The third kappa shape index (κ3) is 4.62. The van der Waals surface area contributed by atoms with E-state index in [1.165, 1.54) is 0 Å². The number of hydrogen-bond donors (Lipinski definition) is 0. The zero-order chi connectivity index (χ0) is 28.3. The minimum atomic E-state index is -5.70. The molecule has 5 heteroatoms. The van der Waals surface area contributed by atoms with E-state index in [1.807, 2.05) is 109 Å². The Bertz CT molecular complexity index is 1400. The summed E-state index contributed by atoms with van der Waals surface area (Å²) in [5.74, 6) is 0. The van der Waals surface area contributed by atoms with Crippen molar-refractivity contribution in [3.05, 3.63) is 182 Å². The van der Waals surface area contributed by atoms with Crippen LogP contribution >= 0.6 is 17.0 Å². The molecular weight excluding hydrogens is 937 g/mol. The molecule has 0 radical (unpaired) electrons. The van der Waals surface area contributed by atoms with Gasteiger partial charge in [0.15, 0.2) is 0 Å². The molecule has 0 amide bonds. The van der Waals surface area contributed by atoms with Gasteiger partial charge < -0.3 is 0 Å². The number of benzene rings is 6. The summed E-state index contributed by atoms with van der Waals surface area (Å²) in [5.41, 5.74) is 0. The molecule has 0 aliphatic carbocycles. The van der Waals surface area contributed by atoms with E-state index >= 15 is 0 Å². The van der Waals surface area contributed by atoms with Crippen molar-refractivity contribution in [3.8, 4) is 0 Å². The molecule has 1 nitrogen and oxygen atoms in total. The zero-order valence-corrected chi connectivity index (χ0v) is 30.8. The maximum atomic E-state index is 8.66. The van der Waals surface area contributed by atoms with Crippen molar-refractivity contribution in [2.24, 2.45) is 0 Å². The SMILES string of the molecule is [Cl][Bi]([O][Bi]([Cl])([c]1ccccc1)([c]1ccccc1)[c]1ccccc1)([c]1ccccc1)([c]1ccccc1)[c]1ccccc1. The molecule has 0 saturated carbocycles. The van der Waals surface area contributed by atoms with Crippen molar-refractivity contribution in [2.75, 3.05) is 0 Å². The van der Waals surface area contributed by atoms with Crippen LogP contribution in [0.1, 0.15) is 0 Å². The summed E-state index contributed by atoms with van der Waals surface area (Å²) in [6, 6.07) is 62.2. The van der Waals surface area contributed by atoms with Gasteiger partial charge in [-0.15, -0.1) is 0 Å². The van der Waals surface area contributed by atoms with Crippen molar-refractivity contribution in [3.63, 3.8) is 0 Å². The minimum absolute atomic E-state index is 0.988. The second-order valence-corrected chi connectivity index (χ2v) is 54.0. The van der Waals surface area contributed by atoms with Crippen LogP contribution in [0.2, 0.25) is 0 Å². The standard InChI is InChI=1S/6C6H5.2Bi.2ClH.O/c6*1-2-4-6-5-3-1;;;;;/h6*1-5H;;;2*1H;/q;;;;;;2*+1;;;/p-2. The molecule has 204 valence electrons. The Labute approximate surface area is 253 Å². The van der Waals surface area contributed by atoms with E-state index in [9.17, 15) is 0 Å². The molecule has 0 heterocycles. The molecule has 0 saturated heterocycles. The second-order valence-electron chi connectivity index (χ2n) is 9.96. The molecule has 0 N–H and O–H groups in total.